The first kappa shape index (κ1) is 27.1. The molecule has 31 heavy (non-hydrogen) atoms. The van der Waals surface area contributed by atoms with Crippen molar-refractivity contribution in [3.05, 3.63) is 35.9 Å². The summed E-state index contributed by atoms with van der Waals surface area (Å²) in [5.74, 6) is -0.507. The van der Waals surface area contributed by atoms with Gasteiger partial charge in [0, 0.05) is 6.42 Å². The van der Waals surface area contributed by atoms with Gasteiger partial charge in [0.2, 0.25) is 0 Å². The summed E-state index contributed by atoms with van der Waals surface area (Å²) < 4.78 is 26.3. The Morgan fingerprint density at radius 2 is 1.16 bits per heavy atom. The Morgan fingerprint density at radius 1 is 0.645 bits per heavy atom. The molecule has 176 valence electrons. The van der Waals surface area contributed by atoms with Crippen LogP contribution in [0.2, 0.25) is 0 Å². The van der Waals surface area contributed by atoms with E-state index < -0.39 is 0 Å². The van der Waals surface area contributed by atoms with Crippen molar-refractivity contribution < 1.29 is 33.3 Å². The van der Waals surface area contributed by atoms with Gasteiger partial charge >= 0.3 is 11.9 Å². The lowest BCUT2D eigenvalue weighted by Crippen LogP contribution is -2.15. The molecule has 0 fully saturated rings. The largest absolute Gasteiger partial charge is 0.463 e. The number of carbonyl (C=O) groups is 2. The summed E-state index contributed by atoms with van der Waals surface area (Å²) in [6.07, 6.45) is 7.41. The minimum Gasteiger partial charge on any atom is -0.463 e. The lowest BCUT2D eigenvalue weighted by molar-refractivity contribution is -0.145. The van der Waals surface area contributed by atoms with Gasteiger partial charge in [-0.1, -0.05) is 57.2 Å². The van der Waals surface area contributed by atoms with Crippen molar-refractivity contribution in [1.29, 1.82) is 0 Å². The maximum absolute atomic E-state index is 11.7. The van der Waals surface area contributed by atoms with Gasteiger partial charge in [0.25, 0.3) is 0 Å². The number of ether oxygens (including phenoxy) is 5. The minimum atomic E-state index is -0.356. The standard InChI is InChI=1S/C24H38O7/c1-2-3-4-5-6-10-13-23(25)30-20-18-28-16-14-27-15-17-29-19-21-31-24(26)22-11-8-7-9-12-22/h7-9,11-12H,2-6,10,13-21H2,1H3. The monoisotopic (exact) mass is 438 g/mol. The first-order valence-corrected chi connectivity index (χ1v) is 11.3. The normalized spacial score (nSPS) is 10.7. The average molecular weight is 439 g/mol. The van der Waals surface area contributed by atoms with Crippen molar-refractivity contribution in [2.24, 2.45) is 0 Å². The van der Waals surface area contributed by atoms with Gasteiger partial charge in [-0.25, -0.2) is 4.79 Å². The van der Waals surface area contributed by atoms with E-state index in [0.29, 0.717) is 51.6 Å². The van der Waals surface area contributed by atoms with Crippen LogP contribution in [-0.4, -0.2) is 64.8 Å². The molecular formula is C24H38O7. The van der Waals surface area contributed by atoms with E-state index in [1.807, 2.05) is 6.07 Å². The maximum Gasteiger partial charge on any atom is 0.338 e. The second-order valence-electron chi connectivity index (χ2n) is 7.08. The highest BCUT2D eigenvalue weighted by molar-refractivity contribution is 5.89. The quantitative estimate of drug-likeness (QED) is 0.223. The predicted molar refractivity (Wildman–Crippen MR) is 118 cm³/mol. The van der Waals surface area contributed by atoms with Crippen LogP contribution in [-0.2, 0) is 28.5 Å². The van der Waals surface area contributed by atoms with E-state index in [-0.39, 0.29) is 25.2 Å². The lowest BCUT2D eigenvalue weighted by Gasteiger charge is -2.08. The van der Waals surface area contributed by atoms with Crippen molar-refractivity contribution in [3.63, 3.8) is 0 Å². The molecule has 0 bridgehead atoms. The van der Waals surface area contributed by atoms with Crippen LogP contribution in [0.3, 0.4) is 0 Å². The fourth-order valence-corrected chi connectivity index (χ4v) is 2.73. The number of rotatable bonds is 20. The fourth-order valence-electron chi connectivity index (χ4n) is 2.73. The van der Waals surface area contributed by atoms with Gasteiger partial charge in [0.05, 0.1) is 45.2 Å². The molecule has 1 aromatic carbocycles. The van der Waals surface area contributed by atoms with Crippen molar-refractivity contribution in [2.45, 2.75) is 51.9 Å². The topological polar surface area (TPSA) is 80.3 Å². The summed E-state index contributed by atoms with van der Waals surface area (Å²) in [6, 6.07) is 8.84. The smallest absolute Gasteiger partial charge is 0.338 e. The number of benzene rings is 1. The summed E-state index contributed by atoms with van der Waals surface area (Å²) in [6.45, 7) is 5.09. The molecule has 7 nitrogen and oxygen atoms in total. The zero-order chi connectivity index (χ0) is 22.4. The Bertz CT molecular complexity index is 562. The van der Waals surface area contributed by atoms with E-state index in [0.717, 1.165) is 12.8 Å². The Balaban J connectivity index is 1.77. The molecule has 0 aliphatic rings. The first-order valence-electron chi connectivity index (χ1n) is 11.3. The van der Waals surface area contributed by atoms with Gasteiger partial charge in [-0.2, -0.15) is 0 Å². The number of hydrogen-bond donors (Lipinski definition) is 0. The van der Waals surface area contributed by atoms with Gasteiger partial charge in [-0.05, 0) is 18.6 Å². The van der Waals surface area contributed by atoms with E-state index in [2.05, 4.69) is 6.92 Å². The van der Waals surface area contributed by atoms with Crippen LogP contribution in [0.15, 0.2) is 30.3 Å². The SMILES string of the molecule is CCCCCCCCC(=O)OCCOCCOCCOCCOC(=O)c1ccccc1. The van der Waals surface area contributed by atoms with Crippen molar-refractivity contribution >= 4 is 11.9 Å². The molecule has 0 heterocycles. The predicted octanol–water partition coefficient (Wildman–Crippen LogP) is 4.19. The van der Waals surface area contributed by atoms with E-state index in [1.165, 1.54) is 25.7 Å². The molecule has 0 aliphatic heterocycles. The Morgan fingerprint density at radius 3 is 1.77 bits per heavy atom. The lowest BCUT2D eigenvalue weighted by atomic mass is 10.1. The molecule has 1 rings (SSSR count). The van der Waals surface area contributed by atoms with Crippen LogP contribution >= 0.6 is 0 Å². The van der Waals surface area contributed by atoms with Crippen LogP contribution in [0.1, 0.15) is 62.2 Å². The Kier molecular flexibility index (Phi) is 17.4. The molecule has 0 atom stereocenters. The van der Waals surface area contributed by atoms with Crippen LogP contribution in [0.5, 0.6) is 0 Å². The summed E-state index contributed by atoms with van der Waals surface area (Å²) in [5.41, 5.74) is 0.526. The highest BCUT2D eigenvalue weighted by atomic mass is 16.6. The van der Waals surface area contributed by atoms with Gasteiger partial charge in [-0.15, -0.1) is 0 Å². The molecule has 0 saturated heterocycles. The molecular weight excluding hydrogens is 400 g/mol. The Hall–Kier alpha value is -1.96. The second kappa shape index (κ2) is 20.0. The summed E-state index contributed by atoms with van der Waals surface area (Å²) in [4.78, 5) is 23.3. The van der Waals surface area contributed by atoms with Gasteiger partial charge < -0.3 is 23.7 Å². The molecule has 0 spiro atoms. The molecule has 0 N–H and O–H groups in total. The second-order valence-corrected chi connectivity index (χ2v) is 7.08. The van der Waals surface area contributed by atoms with Crippen molar-refractivity contribution in [3.8, 4) is 0 Å². The molecule has 1 aromatic rings. The fraction of sp³-hybridized carbons (Fsp3) is 0.667. The van der Waals surface area contributed by atoms with Crippen molar-refractivity contribution in [2.75, 3.05) is 52.9 Å². The third kappa shape index (κ3) is 16.4. The maximum atomic E-state index is 11.7. The van der Waals surface area contributed by atoms with E-state index in [9.17, 15) is 9.59 Å². The summed E-state index contributed by atoms with van der Waals surface area (Å²) >= 11 is 0. The van der Waals surface area contributed by atoms with Crippen LogP contribution in [0, 0.1) is 0 Å². The molecule has 7 heteroatoms. The number of carbonyl (C=O) groups excluding carboxylic acids is 2. The Labute approximate surface area is 186 Å². The zero-order valence-corrected chi connectivity index (χ0v) is 18.9. The summed E-state index contributed by atoms with van der Waals surface area (Å²) in [7, 11) is 0. The average Bonchev–Trinajstić information content (AvgIpc) is 2.79. The third-order valence-electron chi connectivity index (χ3n) is 4.44. The van der Waals surface area contributed by atoms with E-state index in [1.54, 1.807) is 24.3 Å². The van der Waals surface area contributed by atoms with E-state index >= 15 is 0 Å². The van der Waals surface area contributed by atoms with Gasteiger partial charge in [0.15, 0.2) is 0 Å². The number of hydrogen-bond acceptors (Lipinski definition) is 7. The van der Waals surface area contributed by atoms with Crippen LogP contribution in [0.25, 0.3) is 0 Å². The minimum absolute atomic E-state index is 0.151. The zero-order valence-electron chi connectivity index (χ0n) is 18.9. The molecule has 0 aromatic heterocycles. The van der Waals surface area contributed by atoms with E-state index in [4.69, 9.17) is 23.7 Å². The highest BCUT2D eigenvalue weighted by Gasteiger charge is 2.05. The third-order valence-corrected chi connectivity index (χ3v) is 4.44. The van der Waals surface area contributed by atoms with Crippen molar-refractivity contribution in [1.82, 2.24) is 0 Å². The number of unbranched alkanes of at least 4 members (excludes halogenated alkanes) is 5. The molecule has 0 aliphatic carbocycles. The molecule has 0 unspecified atom stereocenters. The molecule has 0 radical (unpaired) electrons. The number of esters is 2. The summed E-state index contributed by atoms with van der Waals surface area (Å²) in [5, 5.41) is 0. The van der Waals surface area contributed by atoms with Gasteiger partial charge in [0.1, 0.15) is 13.2 Å². The molecule has 0 saturated carbocycles. The highest BCUT2D eigenvalue weighted by Crippen LogP contribution is 2.07. The van der Waals surface area contributed by atoms with Crippen LogP contribution in [0.4, 0.5) is 0 Å². The van der Waals surface area contributed by atoms with Crippen LogP contribution < -0.4 is 0 Å². The first-order chi connectivity index (χ1) is 15.2. The van der Waals surface area contributed by atoms with Gasteiger partial charge in [-0.3, -0.25) is 4.79 Å². The molecule has 0 amide bonds.